The summed E-state index contributed by atoms with van der Waals surface area (Å²) in [6.45, 7) is 2.70. The smallest absolute Gasteiger partial charge is 0.251 e. The van der Waals surface area contributed by atoms with E-state index < -0.39 is 0 Å². The van der Waals surface area contributed by atoms with Gasteiger partial charge >= 0.3 is 0 Å². The van der Waals surface area contributed by atoms with Crippen LogP contribution in [0.4, 0.5) is 5.69 Å². The van der Waals surface area contributed by atoms with Crippen molar-refractivity contribution in [1.29, 1.82) is 0 Å². The first-order valence-electron chi connectivity index (χ1n) is 8.96. The molecule has 0 radical (unpaired) electrons. The Balaban J connectivity index is 1.84. The van der Waals surface area contributed by atoms with Gasteiger partial charge in [-0.3, -0.25) is 9.78 Å². The normalized spacial score (nSPS) is 12.4. The summed E-state index contributed by atoms with van der Waals surface area (Å²) in [6.07, 6.45) is 2.68. The lowest BCUT2D eigenvalue weighted by Gasteiger charge is -2.07. The third kappa shape index (κ3) is 3.64. The lowest BCUT2D eigenvalue weighted by Crippen LogP contribution is -2.23. The summed E-state index contributed by atoms with van der Waals surface area (Å²) in [7, 11) is 0. The zero-order valence-corrected chi connectivity index (χ0v) is 15.8. The molecule has 0 atom stereocenters. The first-order chi connectivity index (χ1) is 13.3. The van der Waals surface area contributed by atoms with Gasteiger partial charge in [-0.1, -0.05) is 43.0 Å². The number of carbonyl (C=O) groups excluding carboxylic acids is 1. The molecule has 0 saturated carbocycles. The number of carbonyl (C=O) groups is 1. The molecule has 0 spiro atoms. The third-order valence-corrected chi connectivity index (χ3v) is 5.40. The number of nitrogens with zero attached hydrogens (tertiary/aromatic N) is 2. The minimum Gasteiger partial charge on any atom is -0.352 e. The number of fused-ring (bicyclic) bond motifs is 2. The second-order valence-corrected chi connectivity index (χ2v) is 7.30. The number of aromatic nitrogens is 1. The lowest BCUT2D eigenvalue weighted by atomic mass is 10.1. The zero-order chi connectivity index (χ0) is 18.6. The van der Waals surface area contributed by atoms with E-state index in [0.717, 1.165) is 38.9 Å². The van der Waals surface area contributed by atoms with Gasteiger partial charge in [0.25, 0.3) is 5.91 Å². The van der Waals surface area contributed by atoms with Gasteiger partial charge in [0, 0.05) is 33.7 Å². The number of hydrogen-bond acceptors (Lipinski definition) is 4. The standard InChI is InChI=1S/C22H19N3OS/c1-2-12-24-22(26)15-10-11-20-18(14-15)25-21(17-8-5-6-13-23-17)16-7-3-4-9-19(16)27-20/h3-11,13-14H,2,12H2,1H3,(H,24,26). The van der Waals surface area contributed by atoms with Crippen LogP contribution in [0.2, 0.25) is 0 Å². The number of aliphatic imine (C=N–C) groups is 1. The molecule has 0 aliphatic carbocycles. The van der Waals surface area contributed by atoms with Gasteiger partial charge in [0.05, 0.1) is 17.1 Å². The Labute approximate surface area is 162 Å². The van der Waals surface area contributed by atoms with Crippen LogP contribution in [0.3, 0.4) is 0 Å². The van der Waals surface area contributed by atoms with Crippen LogP contribution < -0.4 is 5.32 Å². The summed E-state index contributed by atoms with van der Waals surface area (Å²) in [6, 6.07) is 19.7. The molecule has 0 saturated heterocycles. The van der Waals surface area contributed by atoms with Crippen molar-refractivity contribution in [3.05, 3.63) is 83.7 Å². The van der Waals surface area contributed by atoms with Crippen LogP contribution in [-0.4, -0.2) is 23.1 Å². The van der Waals surface area contributed by atoms with E-state index in [0.29, 0.717) is 12.1 Å². The van der Waals surface area contributed by atoms with Gasteiger partial charge in [-0.2, -0.15) is 0 Å². The maximum absolute atomic E-state index is 12.4. The molecular formula is C22H19N3OS. The minimum absolute atomic E-state index is 0.0685. The van der Waals surface area contributed by atoms with E-state index >= 15 is 0 Å². The Morgan fingerprint density at radius 1 is 1.04 bits per heavy atom. The largest absolute Gasteiger partial charge is 0.352 e. The fraction of sp³-hybridized carbons (Fsp3) is 0.136. The molecule has 1 aliphatic heterocycles. The molecule has 0 fully saturated rings. The van der Waals surface area contributed by atoms with E-state index in [2.05, 4.69) is 22.4 Å². The average Bonchev–Trinajstić information content (AvgIpc) is 2.88. The Hall–Kier alpha value is -2.92. The number of nitrogens with one attached hydrogen (secondary N) is 1. The molecule has 4 nitrogen and oxygen atoms in total. The highest BCUT2D eigenvalue weighted by atomic mass is 32.2. The van der Waals surface area contributed by atoms with E-state index in [1.165, 1.54) is 0 Å². The number of amides is 1. The summed E-state index contributed by atoms with van der Waals surface area (Å²) in [5.74, 6) is -0.0685. The van der Waals surface area contributed by atoms with Crippen LogP contribution in [0.1, 0.15) is 35.0 Å². The van der Waals surface area contributed by atoms with Crippen molar-refractivity contribution in [3.8, 4) is 0 Å². The SMILES string of the molecule is CCCNC(=O)c1ccc2c(c1)N=C(c1ccccn1)c1ccccc1S2. The third-order valence-electron chi connectivity index (χ3n) is 4.26. The fourth-order valence-corrected chi connectivity index (χ4v) is 3.92. The predicted molar refractivity (Wildman–Crippen MR) is 109 cm³/mol. The highest BCUT2D eigenvalue weighted by Crippen LogP contribution is 2.41. The van der Waals surface area contributed by atoms with Gasteiger partial charge in [-0.15, -0.1) is 0 Å². The van der Waals surface area contributed by atoms with Crippen LogP contribution in [0, 0.1) is 0 Å². The first-order valence-corrected chi connectivity index (χ1v) is 9.77. The van der Waals surface area contributed by atoms with Crippen molar-refractivity contribution in [3.63, 3.8) is 0 Å². The predicted octanol–water partition coefficient (Wildman–Crippen LogP) is 4.86. The molecule has 0 bridgehead atoms. The van der Waals surface area contributed by atoms with Crippen molar-refractivity contribution in [2.75, 3.05) is 6.54 Å². The van der Waals surface area contributed by atoms with E-state index in [-0.39, 0.29) is 5.91 Å². The van der Waals surface area contributed by atoms with Crippen LogP contribution in [-0.2, 0) is 0 Å². The quantitative estimate of drug-likeness (QED) is 0.556. The Kier molecular flexibility index (Phi) is 5.03. The summed E-state index contributed by atoms with van der Waals surface area (Å²) < 4.78 is 0. The van der Waals surface area contributed by atoms with Gasteiger partial charge in [-0.25, -0.2) is 4.99 Å². The van der Waals surface area contributed by atoms with Crippen molar-refractivity contribution < 1.29 is 4.79 Å². The zero-order valence-electron chi connectivity index (χ0n) is 15.0. The molecule has 2 aromatic carbocycles. The van der Waals surface area contributed by atoms with Crippen LogP contribution in [0.15, 0.2) is 81.6 Å². The molecule has 1 N–H and O–H groups in total. The van der Waals surface area contributed by atoms with Crippen LogP contribution in [0.5, 0.6) is 0 Å². The second kappa shape index (κ2) is 7.76. The maximum atomic E-state index is 12.4. The fourth-order valence-electron chi connectivity index (χ4n) is 2.92. The van der Waals surface area contributed by atoms with Crippen LogP contribution in [0.25, 0.3) is 0 Å². The van der Waals surface area contributed by atoms with E-state index in [4.69, 9.17) is 4.99 Å². The molecule has 27 heavy (non-hydrogen) atoms. The molecule has 134 valence electrons. The van der Waals surface area contributed by atoms with Crippen molar-refractivity contribution in [1.82, 2.24) is 10.3 Å². The van der Waals surface area contributed by atoms with Crippen molar-refractivity contribution in [2.45, 2.75) is 23.1 Å². The number of hydrogen-bond donors (Lipinski definition) is 1. The molecule has 0 unspecified atom stereocenters. The number of pyridine rings is 1. The van der Waals surface area contributed by atoms with E-state index in [1.54, 1.807) is 18.0 Å². The van der Waals surface area contributed by atoms with E-state index in [9.17, 15) is 4.79 Å². The highest BCUT2D eigenvalue weighted by Gasteiger charge is 2.20. The molecule has 1 aliphatic rings. The summed E-state index contributed by atoms with van der Waals surface area (Å²) in [4.78, 5) is 23.9. The molecular weight excluding hydrogens is 354 g/mol. The molecule has 4 rings (SSSR count). The Morgan fingerprint density at radius 2 is 1.89 bits per heavy atom. The summed E-state index contributed by atoms with van der Waals surface area (Å²) >= 11 is 1.67. The molecule has 3 aromatic rings. The topological polar surface area (TPSA) is 54.4 Å². The lowest BCUT2D eigenvalue weighted by molar-refractivity contribution is 0.0953. The highest BCUT2D eigenvalue weighted by molar-refractivity contribution is 7.99. The molecule has 5 heteroatoms. The monoisotopic (exact) mass is 373 g/mol. The molecule has 2 heterocycles. The van der Waals surface area contributed by atoms with Gasteiger partial charge in [0.15, 0.2) is 0 Å². The Morgan fingerprint density at radius 3 is 2.70 bits per heavy atom. The van der Waals surface area contributed by atoms with Gasteiger partial charge in [0.2, 0.25) is 0 Å². The maximum Gasteiger partial charge on any atom is 0.251 e. The minimum atomic E-state index is -0.0685. The van der Waals surface area contributed by atoms with Gasteiger partial charge in [-0.05, 0) is 42.8 Å². The van der Waals surface area contributed by atoms with Gasteiger partial charge < -0.3 is 5.32 Å². The Bertz CT molecular complexity index is 1020. The van der Waals surface area contributed by atoms with Crippen molar-refractivity contribution >= 4 is 29.1 Å². The number of benzene rings is 2. The van der Waals surface area contributed by atoms with E-state index in [1.807, 2.05) is 55.5 Å². The van der Waals surface area contributed by atoms with Crippen molar-refractivity contribution in [2.24, 2.45) is 4.99 Å². The second-order valence-electron chi connectivity index (χ2n) is 6.21. The first kappa shape index (κ1) is 17.5. The molecule has 1 aromatic heterocycles. The average molecular weight is 373 g/mol. The van der Waals surface area contributed by atoms with Gasteiger partial charge in [0.1, 0.15) is 0 Å². The summed E-state index contributed by atoms with van der Waals surface area (Å²) in [5.41, 5.74) is 4.11. The van der Waals surface area contributed by atoms with Crippen LogP contribution >= 0.6 is 11.8 Å². The molecule has 1 amide bonds. The number of rotatable bonds is 4. The summed E-state index contributed by atoms with van der Waals surface area (Å²) in [5, 5.41) is 2.92.